The summed E-state index contributed by atoms with van der Waals surface area (Å²) >= 11 is 0. The van der Waals surface area contributed by atoms with Crippen LogP contribution in [0.15, 0.2) is 0 Å². The van der Waals surface area contributed by atoms with Crippen molar-refractivity contribution in [2.24, 2.45) is 11.7 Å². The van der Waals surface area contributed by atoms with Crippen LogP contribution in [0.5, 0.6) is 0 Å². The van der Waals surface area contributed by atoms with Gasteiger partial charge in [0.2, 0.25) is 5.91 Å². The van der Waals surface area contributed by atoms with Crippen LogP contribution in [0.25, 0.3) is 0 Å². The van der Waals surface area contributed by atoms with Crippen molar-refractivity contribution >= 4 is 18.3 Å². The Morgan fingerprint density at radius 1 is 0.774 bits per heavy atom. The topological polar surface area (TPSA) is 55.1 Å². The fourth-order valence-corrected chi connectivity index (χ4v) is 4.56. The fourth-order valence-electron chi connectivity index (χ4n) is 4.56. The maximum atomic E-state index is 12.5. The molecule has 0 aliphatic rings. The highest BCUT2D eigenvalue weighted by molar-refractivity contribution is 5.85. The van der Waals surface area contributed by atoms with E-state index in [2.05, 4.69) is 39.9 Å². The molecule has 0 aromatic heterocycles. The second kappa shape index (κ2) is 21.6. The third-order valence-corrected chi connectivity index (χ3v) is 6.33. The second-order valence-corrected chi connectivity index (χ2v) is 10.3. The molecule has 0 aromatic rings. The van der Waals surface area contributed by atoms with Crippen LogP contribution in [0.1, 0.15) is 150 Å². The molecule has 0 rings (SSSR count). The minimum atomic E-state index is -0.178. The van der Waals surface area contributed by atoms with Gasteiger partial charge in [0, 0.05) is 18.0 Å². The summed E-state index contributed by atoms with van der Waals surface area (Å²) < 4.78 is 0. The van der Waals surface area contributed by atoms with Crippen LogP contribution in [0.2, 0.25) is 0 Å². The smallest absolute Gasteiger partial charge is 0.220 e. The molecule has 0 aromatic carbocycles. The Bertz CT molecular complexity index is 395. The molecule has 0 aliphatic heterocycles. The molecule has 0 spiro atoms. The van der Waals surface area contributed by atoms with E-state index < -0.39 is 0 Å². The molecular formula is C27H57ClN2O. The molecule has 0 bridgehead atoms. The maximum Gasteiger partial charge on any atom is 0.220 e. The maximum absolute atomic E-state index is 12.5. The normalized spacial score (nSPS) is 13.5. The van der Waals surface area contributed by atoms with Crippen LogP contribution in [-0.4, -0.2) is 17.5 Å². The minimum absolute atomic E-state index is 0. The van der Waals surface area contributed by atoms with Gasteiger partial charge in [-0.05, 0) is 45.4 Å². The molecule has 0 saturated carbocycles. The van der Waals surface area contributed by atoms with Gasteiger partial charge in [-0.1, -0.05) is 104 Å². The van der Waals surface area contributed by atoms with Crippen molar-refractivity contribution in [1.82, 2.24) is 5.32 Å². The summed E-state index contributed by atoms with van der Waals surface area (Å²) in [4.78, 5) is 12.5. The molecule has 0 heterocycles. The first-order chi connectivity index (χ1) is 14.3. The number of halogens is 1. The van der Waals surface area contributed by atoms with Gasteiger partial charge in [-0.25, -0.2) is 0 Å². The zero-order valence-electron chi connectivity index (χ0n) is 21.8. The standard InChI is InChI=1S/C27H56N2O.ClH/c1-6-9-11-13-14-15-16-18-19-21-24(23-27(4,5)28)25(8-3)29-26(30)22-20-17-12-10-7-2;/h24-25H,6-23,28H2,1-5H3,(H,29,30);1H. The van der Waals surface area contributed by atoms with Crippen LogP contribution < -0.4 is 11.1 Å². The second-order valence-electron chi connectivity index (χ2n) is 10.3. The molecule has 0 saturated heterocycles. The van der Waals surface area contributed by atoms with Crippen molar-refractivity contribution in [2.75, 3.05) is 0 Å². The van der Waals surface area contributed by atoms with Crippen LogP contribution in [-0.2, 0) is 4.79 Å². The van der Waals surface area contributed by atoms with Crippen molar-refractivity contribution in [3.63, 3.8) is 0 Å². The summed E-state index contributed by atoms with van der Waals surface area (Å²) in [6.45, 7) is 11.0. The van der Waals surface area contributed by atoms with Gasteiger partial charge in [-0.15, -0.1) is 12.4 Å². The minimum Gasteiger partial charge on any atom is -0.353 e. The van der Waals surface area contributed by atoms with Crippen molar-refractivity contribution in [3.05, 3.63) is 0 Å². The van der Waals surface area contributed by atoms with Crippen LogP contribution >= 0.6 is 12.4 Å². The van der Waals surface area contributed by atoms with Gasteiger partial charge in [-0.2, -0.15) is 0 Å². The summed E-state index contributed by atoms with van der Waals surface area (Å²) in [5, 5.41) is 3.37. The lowest BCUT2D eigenvalue weighted by Gasteiger charge is -2.32. The van der Waals surface area contributed by atoms with Crippen molar-refractivity contribution in [3.8, 4) is 0 Å². The first-order valence-electron chi connectivity index (χ1n) is 13.4. The monoisotopic (exact) mass is 460 g/mol. The first-order valence-corrected chi connectivity index (χ1v) is 13.4. The summed E-state index contributed by atoms with van der Waals surface area (Å²) in [6.07, 6.45) is 22.1. The summed E-state index contributed by atoms with van der Waals surface area (Å²) in [6, 6.07) is 0.269. The number of hydrogen-bond acceptors (Lipinski definition) is 2. The van der Waals surface area contributed by atoms with Gasteiger partial charge < -0.3 is 11.1 Å². The zero-order chi connectivity index (χ0) is 22.7. The number of nitrogens with two attached hydrogens (primary N) is 1. The highest BCUT2D eigenvalue weighted by Gasteiger charge is 2.26. The third-order valence-electron chi connectivity index (χ3n) is 6.33. The molecule has 3 N–H and O–H groups in total. The van der Waals surface area contributed by atoms with Gasteiger partial charge in [-0.3, -0.25) is 4.79 Å². The van der Waals surface area contributed by atoms with E-state index in [9.17, 15) is 4.79 Å². The molecule has 4 heteroatoms. The number of rotatable bonds is 21. The predicted molar refractivity (Wildman–Crippen MR) is 141 cm³/mol. The highest BCUT2D eigenvalue weighted by atomic mass is 35.5. The lowest BCUT2D eigenvalue weighted by Crippen LogP contribution is -2.44. The Balaban J connectivity index is 0. The molecule has 2 unspecified atom stereocenters. The molecule has 0 aliphatic carbocycles. The zero-order valence-corrected chi connectivity index (χ0v) is 22.6. The SMILES string of the molecule is CCCCCCCCCCCC(CC(C)(C)N)C(CC)NC(=O)CCCCCCC.Cl. The van der Waals surface area contributed by atoms with Crippen molar-refractivity contribution < 1.29 is 4.79 Å². The van der Waals surface area contributed by atoms with Gasteiger partial charge in [0.1, 0.15) is 0 Å². The van der Waals surface area contributed by atoms with E-state index in [1.807, 2.05) is 0 Å². The van der Waals surface area contributed by atoms with E-state index in [1.165, 1.54) is 89.9 Å². The Morgan fingerprint density at radius 2 is 1.23 bits per heavy atom. The molecular weight excluding hydrogens is 404 g/mol. The highest BCUT2D eigenvalue weighted by Crippen LogP contribution is 2.26. The molecule has 3 nitrogen and oxygen atoms in total. The van der Waals surface area contributed by atoms with Crippen molar-refractivity contribution in [2.45, 2.75) is 162 Å². The van der Waals surface area contributed by atoms with Gasteiger partial charge in [0.05, 0.1) is 0 Å². The number of carbonyl (C=O) groups excluding carboxylic acids is 1. The number of nitrogens with one attached hydrogen (secondary N) is 1. The molecule has 2 atom stereocenters. The Hall–Kier alpha value is -0.280. The van der Waals surface area contributed by atoms with E-state index in [0.29, 0.717) is 12.3 Å². The van der Waals surface area contributed by atoms with Crippen LogP contribution in [0.4, 0.5) is 0 Å². The van der Waals surface area contributed by atoms with Crippen LogP contribution in [0, 0.1) is 5.92 Å². The average molecular weight is 461 g/mol. The van der Waals surface area contributed by atoms with Gasteiger partial charge in [0.15, 0.2) is 0 Å². The number of amides is 1. The summed E-state index contributed by atoms with van der Waals surface area (Å²) in [5.74, 6) is 0.730. The van der Waals surface area contributed by atoms with Crippen molar-refractivity contribution in [1.29, 1.82) is 0 Å². The van der Waals surface area contributed by atoms with Gasteiger partial charge >= 0.3 is 0 Å². The molecule has 0 fully saturated rings. The third kappa shape index (κ3) is 21.3. The van der Waals surface area contributed by atoms with Crippen LogP contribution in [0.3, 0.4) is 0 Å². The Labute approximate surface area is 201 Å². The largest absolute Gasteiger partial charge is 0.353 e. The van der Waals surface area contributed by atoms with E-state index in [0.717, 1.165) is 19.3 Å². The lowest BCUT2D eigenvalue weighted by atomic mass is 9.82. The summed E-state index contributed by atoms with van der Waals surface area (Å²) in [5.41, 5.74) is 6.21. The first kappa shape index (κ1) is 32.9. The van der Waals surface area contributed by atoms with Gasteiger partial charge in [0.25, 0.3) is 0 Å². The Morgan fingerprint density at radius 3 is 1.68 bits per heavy atom. The van der Waals surface area contributed by atoms with E-state index in [1.54, 1.807) is 0 Å². The van der Waals surface area contributed by atoms with E-state index in [4.69, 9.17) is 5.73 Å². The quantitative estimate of drug-likeness (QED) is 0.169. The lowest BCUT2D eigenvalue weighted by molar-refractivity contribution is -0.122. The predicted octanol–water partition coefficient (Wildman–Crippen LogP) is 8.33. The van der Waals surface area contributed by atoms with E-state index >= 15 is 0 Å². The number of hydrogen-bond donors (Lipinski definition) is 2. The van der Waals surface area contributed by atoms with E-state index in [-0.39, 0.29) is 29.9 Å². The molecule has 188 valence electrons. The number of carbonyl (C=O) groups is 1. The summed E-state index contributed by atoms with van der Waals surface area (Å²) in [7, 11) is 0. The Kier molecular flexibility index (Phi) is 22.9. The molecule has 31 heavy (non-hydrogen) atoms. The molecule has 1 amide bonds. The molecule has 0 radical (unpaired) electrons. The average Bonchev–Trinajstić information content (AvgIpc) is 2.69. The fraction of sp³-hybridized carbons (Fsp3) is 0.963. The number of unbranched alkanes of at least 4 members (excludes halogenated alkanes) is 12.